The van der Waals surface area contributed by atoms with E-state index in [1.807, 2.05) is 18.0 Å². The predicted octanol–water partition coefficient (Wildman–Crippen LogP) is 0.694. The number of likely N-dealkylation sites (N-methyl/N-ethyl adjacent to an activating group) is 1. The van der Waals surface area contributed by atoms with Gasteiger partial charge in [-0.2, -0.15) is 4.98 Å². The third-order valence-electron chi connectivity index (χ3n) is 7.62. The number of hydrogen-bond acceptors (Lipinski definition) is 8. The molecule has 1 aliphatic carbocycles. The van der Waals surface area contributed by atoms with E-state index in [1.165, 1.54) is 11.1 Å². The summed E-state index contributed by atoms with van der Waals surface area (Å²) < 4.78 is 0. The van der Waals surface area contributed by atoms with Crippen molar-refractivity contribution in [3.8, 4) is 0 Å². The summed E-state index contributed by atoms with van der Waals surface area (Å²) >= 11 is 0. The molecule has 1 aromatic heterocycles. The van der Waals surface area contributed by atoms with Gasteiger partial charge in [-0.25, -0.2) is 4.79 Å². The Kier molecular flexibility index (Phi) is 5.01. The van der Waals surface area contributed by atoms with Gasteiger partial charge in [-0.05, 0) is 55.0 Å². The van der Waals surface area contributed by atoms with Crippen LogP contribution in [0.15, 0.2) is 18.2 Å². The number of nitrogens with one attached hydrogen (secondary N) is 2. The maximum atomic E-state index is 12.6. The Balaban J connectivity index is 1.28. The molecule has 4 aliphatic rings. The van der Waals surface area contributed by atoms with Crippen molar-refractivity contribution in [2.75, 3.05) is 43.4 Å². The van der Waals surface area contributed by atoms with Crippen LogP contribution in [0.25, 0.3) is 0 Å². The number of urea groups is 1. The van der Waals surface area contributed by atoms with E-state index in [0.717, 1.165) is 57.7 Å². The SMILES string of the molecule is CN1CCN(C2CC3CC2N(c2nnc(C(N)=O)c(Nc4ccc5c(c4)CCNC5)n2)C3)C1=O. The molecular formula is C23H29N9O2. The van der Waals surface area contributed by atoms with Crippen molar-refractivity contribution >= 4 is 29.4 Å². The van der Waals surface area contributed by atoms with Gasteiger partial charge in [0, 0.05) is 38.9 Å². The largest absolute Gasteiger partial charge is 0.364 e. The first kappa shape index (κ1) is 21.1. The number of carbonyl (C=O) groups excluding carboxylic acids is 2. The van der Waals surface area contributed by atoms with E-state index >= 15 is 0 Å². The molecule has 2 aromatic rings. The fraction of sp³-hybridized carbons (Fsp3) is 0.522. The zero-order valence-electron chi connectivity index (χ0n) is 19.2. The number of nitrogens with two attached hydrogens (primary N) is 1. The van der Waals surface area contributed by atoms with Crippen LogP contribution in [0.3, 0.4) is 0 Å². The highest BCUT2D eigenvalue weighted by molar-refractivity contribution is 5.96. The number of aromatic nitrogens is 3. The normalized spacial score (nSPS) is 25.7. The molecule has 4 N–H and O–H groups in total. The minimum absolute atomic E-state index is 0.0142. The van der Waals surface area contributed by atoms with Gasteiger partial charge in [-0.15, -0.1) is 10.2 Å². The Bertz CT molecular complexity index is 1160. The molecular weight excluding hydrogens is 434 g/mol. The summed E-state index contributed by atoms with van der Waals surface area (Å²) in [5.41, 5.74) is 8.98. The molecule has 1 saturated carbocycles. The molecule has 3 atom stereocenters. The third-order valence-corrected chi connectivity index (χ3v) is 7.62. The van der Waals surface area contributed by atoms with Gasteiger partial charge in [-0.3, -0.25) is 4.79 Å². The van der Waals surface area contributed by atoms with Crippen molar-refractivity contribution in [1.82, 2.24) is 30.3 Å². The average Bonchev–Trinajstić information content (AvgIpc) is 3.53. The molecule has 1 aromatic carbocycles. The number of fused-ring (bicyclic) bond motifs is 3. The van der Waals surface area contributed by atoms with Crippen LogP contribution in [-0.4, -0.2) is 82.2 Å². The van der Waals surface area contributed by atoms with E-state index in [0.29, 0.717) is 17.7 Å². The van der Waals surface area contributed by atoms with Crippen molar-refractivity contribution in [1.29, 1.82) is 0 Å². The minimum Gasteiger partial charge on any atom is -0.364 e. The second-order valence-corrected chi connectivity index (χ2v) is 9.73. The van der Waals surface area contributed by atoms with Crippen molar-refractivity contribution in [3.05, 3.63) is 35.0 Å². The lowest BCUT2D eigenvalue weighted by Gasteiger charge is -2.37. The minimum atomic E-state index is -0.678. The number of hydrogen-bond donors (Lipinski definition) is 3. The number of carbonyl (C=O) groups is 2. The van der Waals surface area contributed by atoms with Gasteiger partial charge in [-0.1, -0.05) is 6.07 Å². The fourth-order valence-corrected chi connectivity index (χ4v) is 5.92. The van der Waals surface area contributed by atoms with E-state index in [4.69, 9.17) is 10.7 Å². The summed E-state index contributed by atoms with van der Waals surface area (Å²) in [5.74, 6) is 0.580. The smallest absolute Gasteiger partial charge is 0.320 e. The monoisotopic (exact) mass is 463 g/mol. The van der Waals surface area contributed by atoms with Gasteiger partial charge in [0.1, 0.15) is 0 Å². The van der Waals surface area contributed by atoms with E-state index in [2.05, 4.69) is 37.9 Å². The molecule has 0 radical (unpaired) electrons. The number of nitrogens with zero attached hydrogens (tertiary/aromatic N) is 6. The maximum absolute atomic E-state index is 12.6. The Labute approximate surface area is 197 Å². The van der Waals surface area contributed by atoms with Gasteiger partial charge < -0.3 is 31.1 Å². The second-order valence-electron chi connectivity index (χ2n) is 9.73. The lowest BCUT2D eigenvalue weighted by molar-refractivity contribution is 0.0995. The molecule has 4 heterocycles. The van der Waals surface area contributed by atoms with Crippen molar-refractivity contribution < 1.29 is 9.59 Å². The molecule has 11 nitrogen and oxygen atoms in total. The van der Waals surface area contributed by atoms with Crippen molar-refractivity contribution in [2.45, 2.75) is 37.9 Å². The van der Waals surface area contributed by atoms with Crippen LogP contribution in [0.2, 0.25) is 0 Å². The molecule has 3 fully saturated rings. The quantitative estimate of drug-likeness (QED) is 0.590. The fourth-order valence-electron chi connectivity index (χ4n) is 5.92. The van der Waals surface area contributed by atoms with Crippen LogP contribution in [0.4, 0.5) is 22.2 Å². The second kappa shape index (κ2) is 8.08. The van der Waals surface area contributed by atoms with Crippen LogP contribution >= 0.6 is 0 Å². The van der Waals surface area contributed by atoms with Gasteiger partial charge >= 0.3 is 6.03 Å². The maximum Gasteiger partial charge on any atom is 0.320 e. The number of benzene rings is 1. The Morgan fingerprint density at radius 2 is 1.97 bits per heavy atom. The third kappa shape index (κ3) is 3.51. The lowest BCUT2D eigenvalue weighted by Crippen LogP contribution is -2.52. The molecule has 3 amide bonds. The average molecular weight is 464 g/mol. The van der Waals surface area contributed by atoms with E-state index < -0.39 is 5.91 Å². The highest BCUT2D eigenvalue weighted by Gasteiger charge is 2.50. The molecule has 3 unspecified atom stereocenters. The number of rotatable bonds is 5. The van der Waals surface area contributed by atoms with Gasteiger partial charge in [0.05, 0.1) is 12.1 Å². The molecule has 178 valence electrons. The summed E-state index contributed by atoms with van der Waals surface area (Å²) in [6.45, 7) is 4.12. The Morgan fingerprint density at radius 3 is 2.71 bits per heavy atom. The first-order chi connectivity index (χ1) is 16.5. The van der Waals surface area contributed by atoms with Crippen LogP contribution in [0, 0.1) is 5.92 Å². The molecule has 34 heavy (non-hydrogen) atoms. The van der Waals surface area contributed by atoms with Crippen LogP contribution in [0.1, 0.15) is 34.5 Å². The summed E-state index contributed by atoms with van der Waals surface area (Å²) in [6.07, 6.45) is 2.95. The Hall–Kier alpha value is -3.47. The van der Waals surface area contributed by atoms with Gasteiger partial charge in [0.15, 0.2) is 11.5 Å². The van der Waals surface area contributed by atoms with Crippen LogP contribution < -0.4 is 21.3 Å². The zero-order valence-corrected chi connectivity index (χ0v) is 19.2. The van der Waals surface area contributed by atoms with Gasteiger partial charge in [0.25, 0.3) is 5.91 Å². The van der Waals surface area contributed by atoms with Crippen molar-refractivity contribution in [3.63, 3.8) is 0 Å². The first-order valence-corrected chi connectivity index (χ1v) is 11.9. The lowest BCUT2D eigenvalue weighted by atomic mass is 10.0. The molecule has 3 aliphatic heterocycles. The van der Waals surface area contributed by atoms with Crippen molar-refractivity contribution in [2.24, 2.45) is 11.7 Å². The molecule has 11 heteroatoms. The van der Waals surface area contributed by atoms with E-state index in [1.54, 1.807) is 4.90 Å². The summed E-state index contributed by atoms with van der Waals surface area (Å²) in [6, 6.07) is 6.52. The number of primary amides is 1. The molecule has 2 bridgehead atoms. The topological polar surface area (TPSA) is 133 Å². The highest BCUT2D eigenvalue weighted by Crippen LogP contribution is 2.42. The van der Waals surface area contributed by atoms with Gasteiger partial charge in [0.2, 0.25) is 5.95 Å². The molecule has 0 spiro atoms. The molecule has 6 rings (SSSR count). The van der Waals surface area contributed by atoms with E-state index in [-0.39, 0.29) is 23.8 Å². The predicted molar refractivity (Wildman–Crippen MR) is 126 cm³/mol. The number of amides is 3. The summed E-state index contributed by atoms with van der Waals surface area (Å²) in [7, 11) is 1.85. The Morgan fingerprint density at radius 1 is 1.15 bits per heavy atom. The van der Waals surface area contributed by atoms with Crippen LogP contribution in [-0.2, 0) is 13.0 Å². The summed E-state index contributed by atoms with van der Waals surface area (Å²) in [5, 5.41) is 15.0. The van der Waals surface area contributed by atoms with E-state index in [9.17, 15) is 9.59 Å². The highest BCUT2D eigenvalue weighted by atomic mass is 16.2. The standard InChI is InChI=1S/C23H29N9O2/c1-30-6-7-31(23(30)34)17-8-13-9-18(17)32(12-13)22-27-21(19(20(24)33)28-29-22)26-16-3-2-15-11-25-5-4-14(15)10-16/h2-3,10,13,17-18,25H,4-9,11-12H2,1H3,(H2,24,33)(H,26,27,29). The van der Waals surface area contributed by atoms with Crippen LogP contribution in [0.5, 0.6) is 0 Å². The summed E-state index contributed by atoms with van der Waals surface area (Å²) in [4.78, 5) is 35.3. The number of anilines is 3. The molecule has 2 saturated heterocycles. The number of piperidine rings is 1. The zero-order chi connectivity index (χ0) is 23.4. The first-order valence-electron chi connectivity index (χ1n) is 11.9.